The van der Waals surface area contributed by atoms with Crippen LogP contribution in [0, 0.1) is 0 Å². The minimum atomic E-state index is -2.27. The fourth-order valence-corrected chi connectivity index (χ4v) is 2.82. The van der Waals surface area contributed by atoms with E-state index in [2.05, 4.69) is 16.0 Å². The molecule has 3 rings (SSSR count). The first kappa shape index (κ1) is 21.9. The quantitative estimate of drug-likeness (QED) is 0.358. The van der Waals surface area contributed by atoms with Crippen LogP contribution < -0.4 is 16.0 Å². The van der Waals surface area contributed by atoms with Crippen molar-refractivity contribution in [1.82, 2.24) is 16.0 Å². The molecule has 31 heavy (non-hydrogen) atoms. The van der Waals surface area contributed by atoms with E-state index in [9.17, 15) is 19.5 Å². The lowest BCUT2D eigenvalue weighted by Gasteiger charge is -2.25. The lowest BCUT2D eigenvalue weighted by Crippen LogP contribution is -2.52. The van der Waals surface area contributed by atoms with Crippen LogP contribution in [0.2, 0.25) is 0 Å². The smallest absolute Gasteiger partial charge is 0.253 e. The van der Waals surface area contributed by atoms with Crippen LogP contribution in [-0.4, -0.2) is 28.4 Å². The van der Waals surface area contributed by atoms with E-state index < -0.39 is 36.2 Å². The van der Waals surface area contributed by atoms with Crippen molar-refractivity contribution >= 4 is 17.7 Å². The minimum absolute atomic E-state index is 0.00380. The van der Waals surface area contributed by atoms with Gasteiger partial charge in [-0.15, -0.1) is 0 Å². The van der Waals surface area contributed by atoms with Crippen molar-refractivity contribution in [3.05, 3.63) is 72.5 Å². The van der Waals surface area contributed by atoms with Crippen LogP contribution in [0.25, 0.3) is 0 Å². The van der Waals surface area contributed by atoms with Gasteiger partial charge in [0.2, 0.25) is 11.8 Å². The monoisotopic (exact) mass is 429 g/mol. The predicted octanol–water partition coefficient (Wildman–Crippen LogP) is 1.23. The molecule has 0 unspecified atom stereocenters. The van der Waals surface area contributed by atoms with Crippen LogP contribution in [0.1, 0.15) is 30.1 Å². The molecule has 10 heteroatoms. The third-order valence-electron chi connectivity index (χ3n) is 4.41. The summed E-state index contributed by atoms with van der Waals surface area (Å²) in [5, 5.41) is 18.6. The number of carbonyl (C=O) groups excluding carboxylic acids is 3. The molecule has 0 bridgehead atoms. The standard InChI is InChI=1S/C21H23N3O7/c25-18(22-12-15-4-1-7-29-15)10-21(28,20(27)24-14-17-6-3-9-31-17)11-19(26)23-13-16-5-2-8-30-16/h1-9,28H,10-14H2,(H,22,25)(H,23,26)(H,24,27). The maximum absolute atomic E-state index is 12.7. The summed E-state index contributed by atoms with van der Waals surface area (Å²) in [6.45, 7) is 0.164. The molecule has 0 saturated carbocycles. The predicted molar refractivity (Wildman–Crippen MR) is 106 cm³/mol. The molecule has 0 saturated heterocycles. The number of hydrogen-bond acceptors (Lipinski definition) is 7. The Balaban J connectivity index is 1.61. The van der Waals surface area contributed by atoms with Gasteiger partial charge in [-0.3, -0.25) is 14.4 Å². The van der Waals surface area contributed by atoms with Gasteiger partial charge in [-0.05, 0) is 36.4 Å². The van der Waals surface area contributed by atoms with Gasteiger partial charge in [-0.1, -0.05) is 0 Å². The summed E-state index contributed by atoms with van der Waals surface area (Å²) >= 11 is 0. The van der Waals surface area contributed by atoms with Gasteiger partial charge in [0.05, 0.1) is 51.3 Å². The van der Waals surface area contributed by atoms with Crippen LogP contribution in [-0.2, 0) is 34.0 Å². The molecular formula is C21H23N3O7. The molecule has 4 N–H and O–H groups in total. The second kappa shape index (κ2) is 10.3. The molecule has 0 spiro atoms. The summed E-state index contributed by atoms with van der Waals surface area (Å²) in [5.74, 6) is -0.632. The molecule has 0 fully saturated rings. The number of carbonyl (C=O) groups is 3. The van der Waals surface area contributed by atoms with Gasteiger partial charge in [0, 0.05) is 0 Å². The Bertz CT molecular complexity index is 911. The molecule has 10 nitrogen and oxygen atoms in total. The van der Waals surface area contributed by atoms with E-state index in [-0.39, 0.29) is 19.6 Å². The topological polar surface area (TPSA) is 147 Å². The Hall–Kier alpha value is -3.79. The van der Waals surface area contributed by atoms with Gasteiger partial charge in [-0.2, -0.15) is 0 Å². The van der Waals surface area contributed by atoms with Gasteiger partial charge in [-0.25, -0.2) is 0 Å². The summed E-state index contributed by atoms with van der Waals surface area (Å²) in [5.41, 5.74) is -2.27. The first-order chi connectivity index (χ1) is 14.9. The maximum Gasteiger partial charge on any atom is 0.253 e. The fraction of sp³-hybridized carbons (Fsp3) is 0.286. The SMILES string of the molecule is O=C(CC(O)(CC(=O)NCc1ccco1)C(=O)NCc1ccco1)NCc1ccco1. The number of hydrogen-bond donors (Lipinski definition) is 4. The van der Waals surface area contributed by atoms with Crippen LogP contribution in [0.4, 0.5) is 0 Å². The zero-order valence-electron chi connectivity index (χ0n) is 16.6. The van der Waals surface area contributed by atoms with Crippen molar-refractivity contribution in [2.45, 2.75) is 38.1 Å². The molecule has 3 aromatic rings. The first-order valence-corrected chi connectivity index (χ1v) is 9.56. The van der Waals surface area contributed by atoms with Crippen LogP contribution in [0.3, 0.4) is 0 Å². The molecule has 3 aromatic heterocycles. The van der Waals surface area contributed by atoms with E-state index in [1.54, 1.807) is 36.4 Å². The Morgan fingerprint density at radius 1 is 0.710 bits per heavy atom. The summed E-state index contributed by atoms with van der Waals surface area (Å²) < 4.78 is 15.4. The van der Waals surface area contributed by atoms with Gasteiger partial charge >= 0.3 is 0 Å². The Kier molecular flexibility index (Phi) is 7.28. The van der Waals surface area contributed by atoms with Crippen molar-refractivity contribution in [3.8, 4) is 0 Å². The number of nitrogens with one attached hydrogen (secondary N) is 3. The highest BCUT2D eigenvalue weighted by Gasteiger charge is 2.40. The molecule has 3 amide bonds. The van der Waals surface area contributed by atoms with Crippen LogP contribution in [0.15, 0.2) is 68.4 Å². The molecule has 0 aliphatic carbocycles. The largest absolute Gasteiger partial charge is 0.467 e. The van der Waals surface area contributed by atoms with E-state index in [1.165, 1.54) is 18.8 Å². The third-order valence-corrected chi connectivity index (χ3v) is 4.41. The normalized spacial score (nSPS) is 11.1. The lowest BCUT2D eigenvalue weighted by molar-refractivity contribution is -0.150. The van der Waals surface area contributed by atoms with Gasteiger partial charge < -0.3 is 34.3 Å². The summed E-state index contributed by atoms with van der Waals surface area (Å²) in [6, 6.07) is 9.98. The van der Waals surface area contributed by atoms with Crippen molar-refractivity contribution < 1.29 is 32.7 Å². The molecular weight excluding hydrogens is 406 g/mol. The molecule has 164 valence electrons. The van der Waals surface area contributed by atoms with Crippen LogP contribution in [0.5, 0.6) is 0 Å². The highest BCUT2D eigenvalue weighted by Crippen LogP contribution is 2.17. The number of rotatable bonds is 11. The number of amides is 3. The van der Waals surface area contributed by atoms with Crippen molar-refractivity contribution in [1.29, 1.82) is 0 Å². The Morgan fingerprint density at radius 2 is 1.10 bits per heavy atom. The van der Waals surface area contributed by atoms with E-state index in [0.717, 1.165) is 0 Å². The summed E-state index contributed by atoms with van der Waals surface area (Å²) in [4.78, 5) is 37.4. The number of aliphatic hydroxyl groups is 1. The van der Waals surface area contributed by atoms with Gasteiger partial charge in [0.25, 0.3) is 5.91 Å². The van der Waals surface area contributed by atoms with Gasteiger partial charge in [0.1, 0.15) is 17.3 Å². The van der Waals surface area contributed by atoms with E-state index in [1.807, 2.05) is 0 Å². The highest BCUT2D eigenvalue weighted by atomic mass is 16.3. The van der Waals surface area contributed by atoms with E-state index >= 15 is 0 Å². The van der Waals surface area contributed by atoms with Gasteiger partial charge in [0.15, 0.2) is 5.60 Å². The Labute approximate surface area is 177 Å². The molecule has 0 radical (unpaired) electrons. The average Bonchev–Trinajstić information content (AvgIpc) is 3.52. The van der Waals surface area contributed by atoms with E-state index in [4.69, 9.17) is 13.3 Å². The lowest BCUT2D eigenvalue weighted by atomic mass is 9.93. The zero-order chi connectivity index (χ0) is 22.1. The molecule has 0 atom stereocenters. The summed E-state index contributed by atoms with van der Waals surface area (Å²) in [6.07, 6.45) is 3.13. The maximum atomic E-state index is 12.7. The average molecular weight is 429 g/mol. The van der Waals surface area contributed by atoms with Crippen molar-refractivity contribution in [2.75, 3.05) is 0 Å². The molecule has 3 heterocycles. The molecule has 0 aromatic carbocycles. The van der Waals surface area contributed by atoms with Crippen LogP contribution >= 0.6 is 0 Å². The minimum Gasteiger partial charge on any atom is -0.467 e. The molecule has 0 aliphatic heterocycles. The summed E-state index contributed by atoms with van der Waals surface area (Å²) in [7, 11) is 0. The third kappa shape index (κ3) is 6.61. The second-order valence-corrected chi connectivity index (χ2v) is 6.86. The van der Waals surface area contributed by atoms with E-state index in [0.29, 0.717) is 17.3 Å². The zero-order valence-corrected chi connectivity index (χ0v) is 16.6. The van der Waals surface area contributed by atoms with Crippen molar-refractivity contribution in [3.63, 3.8) is 0 Å². The highest BCUT2D eigenvalue weighted by molar-refractivity contribution is 5.95. The number of furan rings is 3. The molecule has 0 aliphatic rings. The first-order valence-electron chi connectivity index (χ1n) is 9.56. The fourth-order valence-electron chi connectivity index (χ4n) is 2.82. The Morgan fingerprint density at radius 3 is 1.45 bits per heavy atom. The second-order valence-electron chi connectivity index (χ2n) is 6.86. The van der Waals surface area contributed by atoms with Crippen molar-refractivity contribution in [2.24, 2.45) is 0 Å².